The van der Waals surface area contributed by atoms with Crippen LogP contribution in [0.5, 0.6) is 0 Å². The maximum absolute atomic E-state index is 11.6. The van der Waals surface area contributed by atoms with Crippen molar-refractivity contribution in [1.29, 1.82) is 0 Å². The predicted molar refractivity (Wildman–Crippen MR) is 138 cm³/mol. The number of hydrogen-bond donors (Lipinski definition) is 0. The van der Waals surface area contributed by atoms with E-state index in [4.69, 9.17) is 9.47 Å². The normalized spacial score (nSPS) is 10.3. The van der Waals surface area contributed by atoms with E-state index in [1.54, 1.807) is 0 Å². The lowest BCUT2D eigenvalue weighted by molar-refractivity contribution is -0.146. The van der Waals surface area contributed by atoms with Crippen LogP contribution in [0, 0.1) is 6.92 Å². The molecule has 0 amide bonds. The molecule has 0 saturated carbocycles. The van der Waals surface area contributed by atoms with Crippen LogP contribution in [0.3, 0.4) is 0 Å². The fourth-order valence-corrected chi connectivity index (χ4v) is 3.35. The Balaban J connectivity index is 0.00000123. The number of ether oxygens (including phenoxy) is 2. The average molecular weight is 463 g/mol. The minimum atomic E-state index is -0.140. The van der Waals surface area contributed by atoms with Gasteiger partial charge >= 0.3 is 11.9 Å². The van der Waals surface area contributed by atoms with E-state index in [9.17, 15) is 9.59 Å². The Labute approximate surface area is 203 Å². The number of rotatable bonds is 19. The van der Waals surface area contributed by atoms with Crippen LogP contribution >= 0.6 is 0 Å². The monoisotopic (exact) mass is 462 g/mol. The number of carbonyl (C=O) groups is 2. The van der Waals surface area contributed by atoms with Crippen molar-refractivity contribution in [1.82, 2.24) is 0 Å². The minimum Gasteiger partial charge on any atom is -0.466 e. The molecule has 1 aromatic rings. The number of esters is 2. The molecule has 0 N–H and O–H groups in total. The Hall–Kier alpha value is -1.84. The van der Waals surface area contributed by atoms with Crippen molar-refractivity contribution in [2.45, 2.75) is 124 Å². The van der Waals surface area contributed by atoms with Gasteiger partial charge in [0.1, 0.15) is 0 Å². The third-order valence-corrected chi connectivity index (χ3v) is 5.47. The third kappa shape index (κ3) is 24.6. The van der Waals surface area contributed by atoms with Crippen molar-refractivity contribution in [3.8, 4) is 0 Å². The summed E-state index contributed by atoms with van der Waals surface area (Å²) in [7, 11) is 0. The van der Waals surface area contributed by atoms with E-state index in [0.29, 0.717) is 38.9 Å². The van der Waals surface area contributed by atoms with E-state index in [1.807, 2.05) is 18.2 Å². The molecule has 0 aromatic heterocycles. The second kappa shape index (κ2) is 24.8. The number of unbranched alkanes of at least 4 members (excludes halogenated alkanes) is 11. The Bertz CT molecular complexity index is 524. The van der Waals surface area contributed by atoms with Gasteiger partial charge in [-0.1, -0.05) is 114 Å². The van der Waals surface area contributed by atoms with Crippen LogP contribution in [0.1, 0.15) is 122 Å². The van der Waals surface area contributed by atoms with Gasteiger partial charge in [0.15, 0.2) is 0 Å². The first-order valence-corrected chi connectivity index (χ1v) is 13.4. The summed E-state index contributed by atoms with van der Waals surface area (Å²) in [5.41, 5.74) is 1.32. The standard InChI is InChI=1S/C22H42O4.C7H8/c1-3-5-7-9-11-15-19-25-21(23)17-13-14-18-22(24)26-20-16-12-10-8-6-4-2;1-7-5-3-2-4-6-7/h3-20H2,1-2H3;2-6H,1H3. The predicted octanol–water partition coefficient (Wildman–Crippen LogP) is 8.35. The maximum atomic E-state index is 11.6. The van der Waals surface area contributed by atoms with Gasteiger partial charge in [-0.25, -0.2) is 0 Å². The van der Waals surface area contributed by atoms with Crippen molar-refractivity contribution in [2.24, 2.45) is 0 Å². The molecule has 4 nitrogen and oxygen atoms in total. The fourth-order valence-electron chi connectivity index (χ4n) is 3.35. The average Bonchev–Trinajstić information content (AvgIpc) is 2.81. The van der Waals surface area contributed by atoms with Crippen molar-refractivity contribution in [3.05, 3.63) is 35.9 Å². The van der Waals surface area contributed by atoms with Gasteiger partial charge < -0.3 is 9.47 Å². The van der Waals surface area contributed by atoms with Gasteiger partial charge in [0.2, 0.25) is 0 Å². The highest BCUT2D eigenvalue weighted by atomic mass is 16.5. The summed E-state index contributed by atoms with van der Waals surface area (Å²) in [6, 6.07) is 10.3. The van der Waals surface area contributed by atoms with Gasteiger partial charge in [-0.05, 0) is 32.6 Å². The van der Waals surface area contributed by atoms with Gasteiger partial charge in [0, 0.05) is 12.8 Å². The van der Waals surface area contributed by atoms with Gasteiger partial charge in [-0.3, -0.25) is 9.59 Å². The van der Waals surface area contributed by atoms with E-state index >= 15 is 0 Å². The Morgan fingerprint density at radius 2 is 0.970 bits per heavy atom. The van der Waals surface area contributed by atoms with Crippen LogP contribution in [-0.4, -0.2) is 25.2 Å². The Kier molecular flexibility index (Phi) is 23.4. The molecule has 0 unspecified atom stereocenters. The van der Waals surface area contributed by atoms with E-state index in [2.05, 4.69) is 32.9 Å². The van der Waals surface area contributed by atoms with Crippen LogP contribution in [0.15, 0.2) is 30.3 Å². The van der Waals surface area contributed by atoms with Crippen molar-refractivity contribution < 1.29 is 19.1 Å². The summed E-state index contributed by atoms with van der Waals surface area (Å²) in [5, 5.41) is 0. The highest BCUT2D eigenvalue weighted by Crippen LogP contribution is 2.08. The van der Waals surface area contributed by atoms with Crippen molar-refractivity contribution in [2.75, 3.05) is 13.2 Å². The molecule has 4 heteroatoms. The number of benzene rings is 1. The summed E-state index contributed by atoms with van der Waals surface area (Å²) in [6.45, 7) is 7.56. The SMILES string of the molecule is CCCCCCCCOC(=O)CCCCC(=O)OCCCCCCCC.Cc1ccccc1. The van der Waals surface area contributed by atoms with Crippen LogP contribution in [0.2, 0.25) is 0 Å². The van der Waals surface area contributed by atoms with Gasteiger partial charge in [-0.15, -0.1) is 0 Å². The molecule has 0 saturated heterocycles. The summed E-state index contributed by atoms with van der Waals surface area (Å²) >= 11 is 0. The fraction of sp³-hybridized carbons (Fsp3) is 0.724. The second-order valence-corrected chi connectivity index (χ2v) is 8.84. The molecule has 190 valence electrons. The molecule has 33 heavy (non-hydrogen) atoms. The van der Waals surface area contributed by atoms with Crippen LogP contribution in [0.4, 0.5) is 0 Å². The third-order valence-electron chi connectivity index (χ3n) is 5.47. The molecular formula is C29H50O4. The zero-order valence-corrected chi connectivity index (χ0v) is 21.7. The maximum Gasteiger partial charge on any atom is 0.305 e. The van der Waals surface area contributed by atoms with Crippen LogP contribution in [-0.2, 0) is 19.1 Å². The summed E-state index contributed by atoms with van der Waals surface area (Å²) in [4.78, 5) is 23.2. The summed E-state index contributed by atoms with van der Waals surface area (Å²) in [5.74, 6) is -0.280. The number of hydrogen-bond acceptors (Lipinski definition) is 4. The largest absolute Gasteiger partial charge is 0.466 e. The van der Waals surface area contributed by atoms with Gasteiger partial charge in [-0.2, -0.15) is 0 Å². The lowest BCUT2D eigenvalue weighted by atomic mass is 10.1. The van der Waals surface area contributed by atoms with Crippen molar-refractivity contribution in [3.63, 3.8) is 0 Å². The second-order valence-electron chi connectivity index (χ2n) is 8.84. The topological polar surface area (TPSA) is 52.6 Å². The highest BCUT2D eigenvalue weighted by Gasteiger charge is 2.06. The zero-order chi connectivity index (χ0) is 24.4. The highest BCUT2D eigenvalue weighted by molar-refractivity contribution is 5.70. The first-order valence-electron chi connectivity index (χ1n) is 13.4. The van der Waals surface area contributed by atoms with E-state index < -0.39 is 0 Å². The molecule has 0 heterocycles. The molecule has 0 aliphatic heterocycles. The lowest BCUT2D eigenvalue weighted by Crippen LogP contribution is -2.08. The van der Waals surface area contributed by atoms with Crippen LogP contribution in [0.25, 0.3) is 0 Å². The Morgan fingerprint density at radius 3 is 1.33 bits per heavy atom. The summed E-state index contributed by atoms with van der Waals surface area (Å²) < 4.78 is 10.4. The molecule has 0 fully saturated rings. The lowest BCUT2D eigenvalue weighted by Gasteiger charge is -2.06. The molecule has 0 aliphatic carbocycles. The van der Waals surface area contributed by atoms with Crippen molar-refractivity contribution >= 4 is 11.9 Å². The molecular weight excluding hydrogens is 412 g/mol. The first kappa shape index (κ1) is 31.2. The van der Waals surface area contributed by atoms with E-state index in [1.165, 1.54) is 56.9 Å². The number of carbonyl (C=O) groups excluding carboxylic acids is 2. The summed E-state index contributed by atoms with van der Waals surface area (Å²) in [6.07, 6.45) is 16.5. The quantitative estimate of drug-likeness (QED) is 0.153. The van der Waals surface area contributed by atoms with Crippen LogP contribution < -0.4 is 0 Å². The van der Waals surface area contributed by atoms with Gasteiger partial charge in [0.25, 0.3) is 0 Å². The molecule has 0 spiro atoms. The van der Waals surface area contributed by atoms with E-state index in [0.717, 1.165) is 25.7 Å². The molecule has 1 aromatic carbocycles. The molecule has 0 bridgehead atoms. The molecule has 0 radical (unpaired) electrons. The smallest absolute Gasteiger partial charge is 0.305 e. The van der Waals surface area contributed by atoms with E-state index in [-0.39, 0.29) is 11.9 Å². The zero-order valence-electron chi connectivity index (χ0n) is 21.7. The molecule has 0 aliphatic rings. The molecule has 1 rings (SSSR count). The first-order chi connectivity index (χ1) is 16.1. The molecule has 0 atom stereocenters. The Morgan fingerprint density at radius 1 is 0.576 bits per heavy atom. The minimum absolute atomic E-state index is 0.140. The van der Waals surface area contributed by atoms with Gasteiger partial charge in [0.05, 0.1) is 13.2 Å². The number of aryl methyl sites for hydroxylation is 1.